The van der Waals surface area contributed by atoms with Crippen LogP contribution < -0.4 is 10.2 Å². The second kappa shape index (κ2) is 8.27. The lowest BCUT2D eigenvalue weighted by Crippen LogP contribution is -2.37. The smallest absolute Gasteiger partial charge is 0.415 e. The van der Waals surface area contributed by atoms with Gasteiger partial charge in [0.25, 0.3) is 5.89 Å². The fourth-order valence-corrected chi connectivity index (χ4v) is 3.25. The molecule has 0 aliphatic carbocycles. The van der Waals surface area contributed by atoms with E-state index in [1.54, 1.807) is 29.3 Å². The Kier molecular flexibility index (Phi) is 5.54. The van der Waals surface area contributed by atoms with Crippen molar-refractivity contribution in [3.8, 4) is 11.5 Å². The maximum atomic E-state index is 12.2. The van der Waals surface area contributed by atoms with Crippen LogP contribution in [0.1, 0.15) is 32.6 Å². The Bertz CT molecular complexity index is 1040. The van der Waals surface area contributed by atoms with Crippen LogP contribution in [-0.2, 0) is 4.74 Å². The van der Waals surface area contributed by atoms with E-state index in [1.807, 2.05) is 32.9 Å². The molecule has 1 aromatic carbocycles. The van der Waals surface area contributed by atoms with Gasteiger partial charge in [0.05, 0.1) is 12.1 Å². The first kappa shape index (κ1) is 20.1. The van der Waals surface area contributed by atoms with Gasteiger partial charge in [-0.2, -0.15) is 9.97 Å². The van der Waals surface area contributed by atoms with Gasteiger partial charge >= 0.3 is 6.09 Å². The number of amides is 1. The number of halogens is 1. The summed E-state index contributed by atoms with van der Waals surface area (Å²) in [5.41, 5.74) is 0.774. The third-order valence-electron chi connectivity index (χ3n) is 4.83. The van der Waals surface area contributed by atoms with Crippen LogP contribution in [0, 0.1) is 5.92 Å². The number of aromatic nitrogens is 4. The number of rotatable bonds is 6. The van der Waals surface area contributed by atoms with E-state index in [0.717, 1.165) is 5.56 Å². The topological polar surface area (TPSA) is 106 Å². The molecule has 1 fully saturated rings. The molecule has 30 heavy (non-hydrogen) atoms. The molecule has 3 aromatic rings. The number of carbonyl (C=O) groups is 1. The van der Waals surface area contributed by atoms with Crippen molar-refractivity contribution < 1.29 is 14.1 Å². The second-order valence-electron chi connectivity index (χ2n) is 7.33. The lowest BCUT2D eigenvalue weighted by molar-refractivity contribution is 0.177. The van der Waals surface area contributed by atoms with E-state index in [1.165, 1.54) is 0 Å². The molecule has 9 nitrogen and oxygen atoms in total. The quantitative estimate of drug-likeness (QED) is 0.618. The van der Waals surface area contributed by atoms with Gasteiger partial charge in [-0.15, -0.1) is 0 Å². The lowest BCUT2D eigenvalue weighted by atomic mass is 10.0. The molecule has 1 aliphatic rings. The first-order valence-corrected chi connectivity index (χ1v) is 9.95. The van der Waals surface area contributed by atoms with Gasteiger partial charge in [0.2, 0.25) is 5.95 Å². The molecule has 1 amide bonds. The molecule has 3 heterocycles. The minimum absolute atomic E-state index is 0.0724. The zero-order valence-corrected chi connectivity index (χ0v) is 17.5. The highest BCUT2D eigenvalue weighted by Crippen LogP contribution is 2.27. The zero-order valence-electron chi connectivity index (χ0n) is 16.7. The summed E-state index contributed by atoms with van der Waals surface area (Å²) in [4.78, 5) is 26.9. The summed E-state index contributed by atoms with van der Waals surface area (Å²) in [6.07, 6.45) is 1.19. The van der Waals surface area contributed by atoms with Crippen molar-refractivity contribution in [3.63, 3.8) is 0 Å². The van der Waals surface area contributed by atoms with Crippen LogP contribution >= 0.6 is 11.6 Å². The maximum Gasteiger partial charge on any atom is 0.415 e. The first-order chi connectivity index (χ1) is 14.4. The summed E-state index contributed by atoms with van der Waals surface area (Å²) in [7, 11) is 0. The van der Waals surface area contributed by atoms with E-state index in [4.69, 9.17) is 20.9 Å². The van der Waals surface area contributed by atoms with Crippen molar-refractivity contribution in [2.75, 3.05) is 16.8 Å². The van der Waals surface area contributed by atoms with E-state index in [0.29, 0.717) is 35.1 Å². The molecule has 0 radical (unpaired) electrons. The molecular formula is C20H21ClN6O3. The summed E-state index contributed by atoms with van der Waals surface area (Å²) in [5.74, 6) is 1.91. The molecular weight excluding hydrogens is 408 g/mol. The van der Waals surface area contributed by atoms with Crippen molar-refractivity contribution >= 4 is 29.5 Å². The monoisotopic (exact) mass is 428 g/mol. The largest absolute Gasteiger partial charge is 0.447 e. The number of nitrogens with zero attached hydrogens (tertiary/aromatic N) is 5. The number of anilines is 2. The second-order valence-corrected chi connectivity index (χ2v) is 7.76. The van der Waals surface area contributed by atoms with Crippen molar-refractivity contribution in [2.24, 2.45) is 5.92 Å². The number of nitrogens with one attached hydrogen (secondary N) is 1. The standard InChI is InChI=1S/C20H21ClN6O3/c1-11(2)15-10-29-20(28)27(15)16-8-9-22-19(24-16)23-12(3)17-25-18(30-26-17)13-4-6-14(21)7-5-13/h4-9,11-12,15H,10H2,1-3H3,(H,22,23,24)/t12-,15?/m1/s1. The molecule has 2 atom stereocenters. The number of ether oxygens (including phenoxy) is 1. The van der Waals surface area contributed by atoms with Crippen molar-refractivity contribution in [1.29, 1.82) is 0 Å². The number of hydrogen-bond donors (Lipinski definition) is 1. The van der Waals surface area contributed by atoms with Crippen LogP contribution in [-0.4, -0.2) is 38.9 Å². The molecule has 2 aromatic heterocycles. The van der Waals surface area contributed by atoms with E-state index >= 15 is 0 Å². The van der Waals surface area contributed by atoms with Gasteiger partial charge in [-0.25, -0.2) is 9.78 Å². The number of cyclic esters (lactones) is 1. The Labute approximate surface area is 178 Å². The van der Waals surface area contributed by atoms with Crippen LogP contribution in [0.5, 0.6) is 0 Å². The Hall–Kier alpha value is -3.20. The molecule has 1 saturated heterocycles. The molecule has 4 rings (SSSR count). The first-order valence-electron chi connectivity index (χ1n) is 9.57. The summed E-state index contributed by atoms with van der Waals surface area (Å²) < 4.78 is 10.6. The normalized spacial score (nSPS) is 17.3. The van der Waals surface area contributed by atoms with Crippen LogP contribution in [0.3, 0.4) is 0 Å². The predicted molar refractivity (Wildman–Crippen MR) is 111 cm³/mol. The van der Waals surface area contributed by atoms with Gasteiger partial charge in [0.1, 0.15) is 12.4 Å². The zero-order chi connectivity index (χ0) is 21.3. The van der Waals surface area contributed by atoms with Gasteiger partial charge < -0.3 is 14.6 Å². The Morgan fingerprint density at radius 1 is 1.17 bits per heavy atom. The van der Waals surface area contributed by atoms with Gasteiger partial charge in [0.15, 0.2) is 5.82 Å². The van der Waals surface area contributed by atoms with Gasteiger partial charge in [-0.1, -0.05) is 30.6 Å². The highest BCUT2D eigenvalue weighted by atomic mass is 35.5. The van der Waals surface area contributed by atoms with Crippen LogP contribution in [0.2, 0.25) is 5.02 Å². The van der Waals surface area contributed by atoms with Crippen LogP contribution in [0.15, 0.2) is 41.1 Å². The Balaban J connectivity index is 1.50. The molecule has 1 unspecified atom stereocenters. The summed E-state index contributed by atoms with van der Waals surface area (Å²) in [6, 6.07) is 8.43. The Morgan fingerprint density at radius 2 is 1.93 bits per heavy atom. The fraction of sp³-hybridized carbons (Fsp3) is 0.350. The van der Waals surface area contributed by atoms with E-state index in [2.05, 4.69) is 25.4 Å². The number of carbonyl (C=O) groups excluding carboxylic acids is 1. The van der Waals surface area contributed by atoms with Gasteiger partial charge in [-0.3, -0.25) is 4.90 Å². The summed E-state index contributed by atoms with van der Waals surface area (Å²) in [5, 5.41) is 7.82. The lowest BCUT2D eigenvalue weighted by Gasteiger charge is -2.23. The minimum atomic E-state index is -0.405. The van der Waals surface area contributed by atoms with E-state index < -0.39 is 6.09 Å². The molecule has 10 heteroatoms. The van der Waals surface area contributed by atoms with Crippen molar-refractivity contribution in [2.45, 2.75) is 32.9 Å². The fourth-order valence-electron chi connectivity index (χ4n) is 3.12. The SMILES string of the molecule is CC(C)C1COC(=O)N1c1ccnc(N[C@H](C)c2noc(-c3ccc(Cl)cc3)n2)n1. The van der Waals surface area contributed by atoms with Gasteiger partial charge in [-0.05, 0) is 43.2 Å². The summed E-state index contributed by atoms with van der Waals surface area (Å²) in [6.45, 7) is 6.29. The highest BCUT2D eigenvalue weighted by Gasteiger charge is 2.37. The molecule has 1 aliphatic heterocycles. The highest BCUT2D eigenvalue weighted by molar-refractivity contribution is 6.30. The maximum absolute atomic E-state index is 12.2. The average Bonchev–Trinajstić information content (AvgIpc) is 3.36. The molecule has 156 valence electrons. The number of hydrogen-bond acceptors (Lipinski definition) is 8. The molecule has 1 N–H and O–H groups in total. The molecule has 0 spiro atoms. The Morgan fingerprint density at radius 3 is 2.67 bits per heavy atom. The molecule has 0 saturated carbocycles. The third-order valence-corrected chi connectivity index (χ3v) is 5.08. The van der Waals surface area contributed by atoms with Crippen molar-refractivity contribution in [1.82, 2.24) is 20.1 Å². The van der Waals surface area contributed by atoms with E-state index in [9.17, 15) is 4.79 Å². The van der Waals surface area contributed by atoms with E-state index in [-0.39, 0.29) is 18.0 Å². The van der Waals surface area contributed by atoms with Crippen LogP contribution in [0.25, 0.3) is 11.5 Å². The molecule has 0 bridgehead atoms. The average molecular weight is 429 g/mol. The van der Waals surface area contributed by atoms with Gasteiger partial charge in [0, 0.05) is 16.8 Å². The minimum Gasteiger partial charge on any atom is -0.447 e. The van der Waals surface area contributed by atoms with Crippen LogP contribution in [0.4, 0.5) is 16.6 Å². The number of benzene rings is 1. The third kappa shape index (κ3) is 4.06. The predicted octanol–water partition coefficient (Wildman–Crippen LogP) is 4.33. The van der Waals surface area contributed by atoms with Crippen molar-refractivity contribution in [3.05, 3.63) is 47.4 Å². The summed E-state index contributed by atoms with van der Waals surface area (Å²) >= 11 is 5.92.